The van der Waals surface area contributed by atoms with Crippen molar-refractivity contribution in [3.05, 3.63) is 52.3 Å². The molecule has 3 aromatic rings. The van der Waals surface area contributed by atoms with Crippen LogP contribution in [0.4, 0.5) is 0 Å². The minimum atomic E-state index is 0.259. The summed E-state index contributed by atoms with van der Waals surface area (Å²) in [6.45, 7) is 8.22. The zero-order valence-electron chi connectivity index (χ0n) is 17.5. The molecule has 0 unspecified atom stereocenters. The minimum Gasteiger partial charge on any atom is -0.383 e. The predicted molar refractivity (Wildman–Crippen MR) is 117 cm³/mol. The van der Waals surface area contributed by atoms with Crippen molar-refractivity contribution in [2.24, 2.45) is 0 Å². The van der Waals surface area contributed by atoms with E-state index in [9.17, 15) is 4.79 Å². The summed E-state index contributed by atoms with van der Waals surface area (Å²) in [5, 5.41) is 1.26. The van der Waals surface area contributed by atoms with Gasteiger partial charge in [-0.15, -0.1) is 11.3 Å². The maximum Gasteiger partial charge on any atom is 0.218 e. The molecule has 0 aliphatic carbocycles. The van der Waals surface area contributed by atoms with E-state index in [0.717, 1.165) is 54.9 Å². The monoisotopic (exact) mass is 412 g/mol. The van der Waals surface area contributed by atoms with Crippen LogP contribution in [0.3, 0.4) is 0 Å². The van der Waals surface area contributed by atoms with E-state index in [1.807, 2.05) is 24.3 Å². The molecule has 1 N–H and O–H groups in total. The van der Waals surface area contributed by atoms with Gasteiger partial charge in [0.15, 0.2) is 0 Å². The topological polar surface area (TPSA) is 48.6 Å². The number of ketones is 1. The molecule has 3 heterocycles. The quantitative estimate of drug-likeness (QED) is 0.607. The van der Waals surface area contributed by atoms with E-state index in [4.69, 9.17) is 9.72 Å². The highest BCUT2D eigenvalue weighted by atomic mass is 32.1. The number of nitrogens with one attached hydrogen (secondary N) is 1. The Bertz CT molecular complexity index is 966. The number of nitrogens with zero attached hydrogens (tertiary/aromatic N) is 2. The summed E-state index contributed by atoms with van der Waals surface area (Å²) in [4.78, 5) is 19.2. The number of methoxy groups -OCH3 is 1. The number of fused-ring (bicyclic) bond motifs is 1. The maximum absolute atomic E-state index is 13.0. The van der Waals surface area contributed by atoms with Crippen LogP contribution in [0, 0.1) is 13.8 Å². The highest BCUT2D eigenvalue weighted by Crippen LogP contribution is 2.31. The number of para-hydroxylation sites is 1. The number of rotatable bonds is 7. The van der Waals surface area contributed by atoms with Crippen molar-refractivity contribution < 1.29 is 14.4 Å². The lowest BCUT2D eigenvalue weighted by molar-refractivity contribution is -0.896. The molecule has 6 heteroatoms. The molecule has 0 radical (unpaired) electrons. The van der Waals surface area contributed by atoms with Crippen LogP contribution in [-0.4, -0.2) is 48.7 Å². The lowest BCUT2D eigenvalue weighted by Crippen LogP contribution is -3.13. The molecule has 5 nitrogen and oxygen atoms in total. The largest absolute Gasteiger partial charge is 0.383 e. The van der Waals surface area contributed by atoms with Crippen molar-refractivity contribution in [1.82, 2.24) is 9.55 Å². The van der Waals surface area contributed by atoms with Crippen molar-refractivity contribution in [1.29, 1.82) is 0 Å². The third kappa shape index (κ3) is 4.29. The molecule has 0 bridgehead atoms. The van der Waals surface area contributed by atoms with E-state index in [2.05, 4.69) is 35.8 Å². The number of aromatic nitrogens is 2. The van der Waals surface area contributed by atoms with Gasteiger partial charge < -0.3 is 14.2 Å². The van der Waals surface area contributed by atoms with Crippen LogP contribution in [0.25, 0.3) is 10.2 Å². The smallest absolute Gasteiger partial charge is 0.218 e. The first-order valence-electron chi connectivity index (χ1n) is 10.4. The molecule has 4 rings (SSSR count). The van der Waals surface area contributed by atoms with Gasteiger partial charge in [0.2, 0.25) is 5.78 Å². The molecule has 154 valence electrons. The Balaban J connectivity index is 1.36. The minimum absolute atomic E-state index is 0.259. The highest BCUT2D eigenvalue weighted by molar-refractivity contribution is 7.18. The number of Topliss-reactive ketones (excluding diaryl/α,β-unsaturated/α-hetero) is 1. The molecule has 0 atom stereocenters. The number of quaternary nitrogens is 1. The Morgan fingerprint density at radius 3 is 2.76 bits per heavy atom. The van der Waals surface area contributed by atoms with E-state index >= 15 is 0 Å². The summed E-state index contributed by atoms with van der Waals surface area (Å²) in [6.07, 6.45) is 2.21. The number of hydrogen-bond acceptors (Lipinski definition) is 4. The number of benzene rings is 1. The van der Waals surface area contributed by atoms with Crippen LogP contribution >= 0.6 is 11.3 Å². The second-order valence-electron chi connectivity index (χ2n) is 8.07. The number of piperidine rings is 1. The van der Waals surface area contributed by atoms with Gasteiger partial charge in [0.1, 0.15) is 6.54 Å². The predicted octanol–water partition coefficient (Wildman–Crippen LogP) is 3.01. The Kier molecular flexibility index (Phi) is 6.13. The van der Waals surface area contributed by atoms with Crippen LogP contribution in [-0.2, 0) is 11.3 Å². The average Bonchev–Trinajstić information content (AvgIpc) is 3.28. The van der Waals surface area contributed by atoms with Gasteiger partial charge in [0.25, 0.3) is 0 Å². The summed E-state index contributed by atoms with van der Waals surface area (Å²) in [5.74, 6) is 0.792. The van der Waals surface area contributed by atoms with E-state index in [-0.39, 0.29) is 5.78 Å². The van der Waals surface area contributed by atoms with Gasteiger partial charge >= 0.3 is 0 Å². The summed E-state index contributed by atoms with van der Waals surface area (Å²) < 4.78 is 8.66. The maximum atomic E-state index is 13.0. The molecule has 1 fully saturated rings. The van der Waals surface area contributed by atoms with Gasteiger partial charge in [-0.3, -0.25) is 4.79 Å². The van der Waals surface area contributed by atoms with Crippen LogP contribution < -0.4 is 4.90 Å². The third-order valence-electron chi connectivity index (χ3n) is 6.16. The number of carbonyl (C=O) groups is 1. The fourth-order valence-corrected chi connectivity index (χ4v) is 5.58. The van der Waals surface area contributed by atoms with Crippen molar-refractivity contribution in [3.8, 4) is 0 Å². The summed E-state index contributed by atoms with van der Waals surface area (Å²) in [6, 6.07) is 10.4. The Morgan fingerprint density at radius 2 is 2.03 bits per heavy atom. The second-order valence-corrected chi connectivity index (χ2v) is 9.14. The van der Waals surface area contributed by atoms with Gasteiger partial charge in [-0.2, -0.15) is 0 Å². The number of likely N-dealkylation sites (tertiary alicyclic amines) is 1. The fourth-order valence-electron chi connectivity index (χ4n) is 4.45. The molecule has 29 heavy (non-hydrogen) atoms. The third-order valence-corrected chi connectivity index (χ3v) is 7.35. The number of thiazole rings is 1. The molecular weight excluding hydrogens is 382 g/mol. The lowest BCUT2D eigenvalue weighted by Gasteiger charge is -2.27. The molecule has 0 spiro atoms. The summed E-state index contributed by atoms with van der Waals surface area (Å²) >= 11 is 1.83. The number of hydrogen-bond donors (Lipinski definition) is 1. The molecule has 2 aromatic heterocycles. The van der Waals surface area contributed by atoms with Crippen LogP contribution in [0.5, 0.6) is 0 Å². The van der Waals surface area contributed by atoms with Gasteiger partial charge in [-0.1, -0.05) is 12.1 Å². The second kappa shape index (κ2) is 8.78. The highest BCUT2D eigenvalue weighted by Gasteiger charge is 2.28. The first kappa shape index (κ1) is 20.3. The van der Waals surface area contributed by atoms with Crippen LogP contribution in [0.2, 0.25) is 0 Å². The molecule has 1 aromatic carbocycles. The number of ether oxygens (including phenoxy) is 1. The van der Waals surface area contributed by atoms with E-state index in [1.165, 1.54) is 14.6 Å². The first-order valence-corrected chi connectivity index (χ1v) is 11.3. The van der Waals surface area contributed by atoms with Crippen molar-refractivity contribution in [3.63, 3.8) is 0 Å². The number of aryl methyl sites for hydroxylation is 1. The Morgan fingerprint density at radius 1 is 1.28 bits per heavy atom. The van der Waals surface area contributed by atoms with Crippen LogP contribution in [0.15, 0.2) is 30.3 Å². The van der Waals surface area contributed by atoms with E-state index < -0.39 is 0 Å². The first-order chi connectivity index (χ1) is 14.1. The van der Waals surface area contributed by atoms with Gasteiger partial charge in [-0.25, -0.2) is 4.98 Å². The molecule has 1 saturated heterocycles. The van der Waals surface area contributed by atoms with Crippen molar-refractivity contribution >= 4 is 27.3 Å². The van der Waals surface area contributed by atoms with E-state index in [1.54, 1.807) is 7.11 Å². The normalized spacial score (nSPS) is 19.7. The molecular formula is C23H30N3O2S+. The molecule has 1 aliphatic heterocycles. The van der Waals surface area contributed by atoms with Crippen LogP contribution in [0.1, 0.15) is 45.5 Å². The summed E-state index contributed by atoms with van der Waals surface area (Å²) in [5.41, 5.74) is 4.18. The lowest BCUT2D eigenvalue weighted by atomic mass is 9.97. The number of carbonyl (C=O) groups excluding carboxylic acids is 1. The van der Waals surface area contributed by atoms with E-state index in [0.29, 0.717) is 19.1 Å². The van der Waals surface area contributed by atoms with Crippen molar-refractivity contribution in [2.45, 2.75) is 39.2 Å². The van der Waals surface area contributed by atoms with Crippen molar-refractivity contribution in [2.75, 3.05) is 33.4 Å². The SMILES string of the molecule is COCCn1c(C)cc(C(=O)C[NH+]2CCC(c3nc4ccccc4s3)CC2)c1C. The zero-order chi connectivity index (χ0) is 20.4. The standard InChI is InChI=1S/C23H29N3O2S/c1-16-14-19(17(2)26(16)12-13-28-3)21(27)15-25-10-8-18(9-11-25)23-24-20-6-4-5-7-22(20)29-23/h4-7,14,18H,8-13,15H2,1-3H3/p+1. The summed E-state index contributed by atoms with van der Waals surface area (Å²) in [7, 11) is 1.71. The zero-order valence-corrected chi connectivity index (χ0v) is 18.3. The average molecular weight is 413 g/mol. The van der Waals surface area contributed by atoms with Gasteiger partial charge in [-0.05, 0) is 32.0 Å². The molecule has 1 aliphatic rings. The van der Waals surface area contributed by atoms with Gasteiger partial charge in [0, 0.05) is 49.4 Å². The fraction of sp³-hybridized carbons (Fsp3) is 0.478. The Labute approximate surface area is 176 Å². The molecule has 0 saturated carbocycles. The van der Waals surface area contributed by atoms with Gasteiger partial charge in [0.05, 0.1) is 34.9 Å². The molecule has 0 amide bonds. The Hall–Kier alpha value is -2.02.